The summed E-state index contributed by atoms with van der Waals surface area (Å²) >= 11 is 0. The van der Waals surface area contributed by atoms with Crippen molar-refractivity contribution in [3.63, 3.8) is 0 Å². The molecule has 3 nitrogen and oxygen atoms in total. The maximum absolute atomic E-state index is 11.6. The van der Waals surface area contributed by atoms with Crippen molar-refractivity contribution in [2.24, 2.45) is 17.8 Å². The third kappa shape index (κ3) is 1.97. The van der Waals surface area contributed by atoms with Crippen molar-refractivity contribution in [2.75, 3.05) is 6.54 Å². The molecule has 2 aliphatic carbocycles. The number of carbonyl (C=O) groups is 1. The van der Waals surface area contributed by atoms with Crippen molar-refractivity contribution < 1.29 is 9.90 Å². The lowest BCUT2D eigenvalue weighted by molar-refractivity contribution is -0.144. The second-order valence-corrected chi connectivity index (χ2v) is 6.58. The van der Waals surface area contributed by atoms with Crippen LogP contribution in [0.1, 0.15) is 51.9 Å². The minimum Gasteiger partial charge on any atom is -0.480 e. The van der Waals surface area contributed by atoms with Crippen molar-refractivity contribution >= 4 is 5.97 Å². The predicted octanol–water partition coefficient (Wildman–Crippen LogP) is 2.75. The Balaban J connectivity index is 1.73. The number of carboxylic acid groups (broad SMARTS) is 1. The molecule has 102 valence electrons. The molecular weight excluding hydrogens is 226 g/mol. The molecule has 0 aromatic heterocycles. The molecule has 3 fully saturated rings. The highest BCUT2D eigenvalue weighted by Crippen LogP contribution is 2.45. The molecule has 0 spiro atoms. The Morgan fingerprint density at radius 2 is 2.11 bits per heavy atom. The van der Waals surface area contributed by atoms with Gasteiger partial charge in [0.15, 0.2) is 0 Å². The van der Waals surface area contributed by atoms with E-state index in [4.69, 9.17) is 0 Å². The number of hydrogen-bond donors (Lipinski definition) is 1. The van der Waals surface area contributed by atoms with E-state index < -0.39 is 5.97 Å². The molecule has 1 saturated heterocycles. The first-order valence-electron chi connectivity index (χ1n) is 7.69. The van der Waals surface area contributed by atoms with Gasteiger partial charge in [0.2, 0.25) is 0 Å². The number of likely N-dealkylation sites (tertiary alicyclic amines) is 1. The molecule has 1 heterocycles. The Bertz CT molecular complexity index is 330. The van der Waals surface area contributed by atoms with Gasteiger partial charge in [-0.15, -0.1) is 0 Å². The number of hydrogen-bond acceptors (Lipinski definition) is 2. The van der Waals surface area contributed by atoms with Gasteiger partial charge in [-0.1, -0.05) is 19.8 Å². The van der Waals surface area contributed by atoms with Gasteiger partial charge in [0.1, 0.15) is 6.04 Å². The third-order valence-corrected chi connectivity index (χ3v) is 5.74. The van der Waals surface area contributed by atoms with Crippen LogP contribution in [0.3, 0.4) is 0 Å². The van der Waals surface area contributed by atoms with Crippen LogP contribution < -0.4 is 0 Å². The van der Waals surface area contributed by atoms with Gasteiger partial charge < -0.3 is 5.11 Å². The second-order valence-electron chi connectivity index (χ2n) is 6.58. The number of aliphatic carboxylic acids is 1. The smallest absolute Gasteiger partial charge is 0.321 e. The summed E-state index contributed by atoms with van der Waals surface area (Å²) < 4.78 is 0. The molecule has 5 unspecified atom stereocenters. The van der Waals surface area contributed by atoms with Crippen LogP contribution in [0, 0.1) is 17.8 Å². The van der Waals surface area contributed by atoms with E-state index in [2.05, 4.69) is 11.8 Å². The standard InChI is InChI=1S/C15H25NO2/c1-2-10-6-7-12(8-10)16-9-11-4-3-5-13(11)14(16)15(17)18/h10-14H,2-9H2,1H3,(H,17,18). The summed E-state index contributed by atoms with van der Waals surface area (Å²) in [4.78, 5) is 14.0. The molecule has 5 atom stereocenters. The summed E-state index contributed by atoms with van der Waals surface area (Å²) in [7, 11) is 0. The molecule has 0 bridgehead atoms. The largest absolute Gasteiger partial charge is 0.480 e. The summed E-state index contributed by atoms with van der Waals surface area (Å²) in [6.07, 6.45) is 8.67. The lowest BCUT2D eigenvalue weighted by atomic mass is 9.94. The molecule has 3 heteroatoms. The van der Waals surface area contributed by atoms with Crippen LogP contribution in [0.2, 0.25) is 0 Å². The fourth-order valence-corrected chi connectivity index (χ4v) is 4.76. The van der Waals surface area contributed by atoms with Crippen molar-refractivity contribution in [3.8, 4) is 0 Å². The number of fused-ring (bicyclic) bond motifs is 1. The molecule has 0 amide bonds. The van der Waals surface area contributed by atoms with Crippen LogP contribution in [0.5, 0.6) is 0 Å². The van der Waals surface area contributed by atoms with Gasteiger partial charge >= 0.3 is 5.97 Å². The van der Waals surface area contributed by atoms with Gasteiger partial charge in [-0.3, -0.25) is 9.69 Å². The SMILES string of the molecule is CCC1CCC(N2CC3CCCC3C2C(=O)O)C1. The lowest BCUT2D eigenvalue weighted by Gasteiger charge is -2.30. The fourth-order valence-electron chi connectivity index (χ4n) is 4.76. The average molecular weight is 251 g/mol. The van der Waals surface area contributed by atoms with Gasteiger partial charge in [-0.25, -0.2) is 0 Å². The maximum atomic E-state index is 11.6. The molecule has 3 rings (SSSR count). The zero-order chi connectivity index (χ0) is 12.7. The second kappa shape index (κ2) is 4.84. The van der Waals surface area contributed by atoms with Crippen molar-refractivity contribution in [1.29, 1.82) is 0 Å². The van der Waals surface area contributed by atoms with Gasteiger partial charge in [-0.05, 0) is 49.9 Å². The van der Waals surface area contributed by atoms with Crippen LogP contribution in [-0.4, -0.2) is 34.6 Å². The topological polar surface area (TPSA) is 40.5 Å². The molecular formula is C15H25NO2. The third-order valence-electron chi connectivity index (χ3n) is 5.74. The van der Waals surface area contributed by atoms with Gasteiger partial charge in [0, 0.05) is 12.6 Å². The highest BCUT2D eigenvalue weighted by molar-refractivity contribution is 5.74. The van der Waals surface area contributed by atoms with E-state index in [1.165, 1.54) is 38.5 Å². The van der Waals surface area contributed by atoms with E-state index >= 15 is 0 Å². The highest BCUT2D eigenvalue weighted by atomic mass is 16.4. The highest BCUT2D eigenvalue weighted by Gasteiger charge is 2.50. The van der Waals surface area contributed by atoms with E-state index in [1.54, 1.807) is 0 Å². The first-order valence-corrected chi connectivity index (χ1v) is 7.69. The molecule has 18 heavy (non-hydrogen) atoms. The van der Waals surface area contributed by atoms with E-state index in [-0.39, 0.29) is 6.04 Å². The summed E-state index contributed by atoms with van der Waals surface area (Å²) in [6.45, 7) is 3.32. The summed E-state index contributed by atoms with van der Waals surface area (Å²) in [5.41, 5.74) is 0. The van der Waals surface area contributed by atoms with E-state index in [9.17, 15) is 9.90 Å². The summed E-state index contributed by atoms with van der Waals surface area (Å²) in [5.74, 6) is 1.39. The van der Waals surface area contributed by atoms with Crippen molar-refractivity contribution in [1.82, 2.24) is 4.90 Å². The first-order chi connectivity index (χ1) is 8.70. The van der Waals surface area contributed by atoms with Crippen molar-refractivity contribution in [2.45, 2.75) is 64.0 Å². The quantitative estimate of drug-likeness (QED) is 0.838. The number of rotatable bonds is 3. The normalized spacial score (nSPS) is 44.4. The molecule has 0 radical (unpaired) electrons. The summed E-state index contributed by atoms with van der Waals surface area (Å²) in [6, 6.07) is 0.389. The Morgan fingerprint density at radius 1 is 1.28 bits per heavy atom. The van der Waals surface area contributed by atoms with Crippen LogP contribution in [-0.2, 0) is 4.79 Å². The zero-order valence-electron chi connectivity index (χ0n) is 11.3. The van der Waals surface area contributed by atoms with E-state index in [1.807, 2.05) is 0 Å². The van der Waals surface area contributed by atoms with E-state index in [0.717, 1.165) is 18.9 Å². The Labute approximate surface area is 110 Å². The van der Waals surface area contributed by atoms with Crippen LogP contribution in [0.15, 0.2) is 0 Å². The first kappa shape index (κ1) is 12.5. The lowest BCUT2D eigenvalue weighted by Crippen LogP contribution is -2.44. The van der Waals surface area contributed by atoms with Gasteiger partial charge in [-0.2, -0.15) is 0 Å². The zero-order valence-corrected chi connectivity index (χ0v) is 11.3. The molecule has 2 saturated carbocycles. The predicted molar refractivity (Wildman–Crippen MR) is 70.4 cm³/mol. The molecule has 0 aromatic carbocycles. The van der Waals surface area contributed by atoms with Crippen LogP contribution >= 0.6 is 0 Å². The fraction of sp³-hybridized carbons (Fsp3) is 0.933. The van der Waals surface area contributed by atoms with Gasteiger partial charge in [0.25, 0.3) is 0 Å². The Hall–Kier alpha value is -0.570. The number of carboxylic acids is 1. The maximum Gasteiger partial charge on any atom is 0.321 e. The van der Waals surface area contributed by atoms with Crippen LogP contribution in [0.4, 0.5) is 0 Å². The molecule has 3 aliphatic rings. The Morgan fingerprint density at radius 3 is 2.78 bits per heavy atom. The average Bonchev–Trinajstić information content (AvgIpc) is 3.02. The Kier molecular flexibility index (Phi) is 3.35. The number of nitrogens with zero attached hydrogens (tertiary/aromatic N) is 1. The van der Waals surface area contributed by atoms with Crippen molar-refractivity contribution in [3.05, 3.63) is 0 Å². The summed E-state index contributed by atoms with van der Waals surface area (Å²) in [5, 5.41) is 9.57. The molecule has 1 aliphatic heterocycles. The monoisotopic (exact) mass is 251 g/mol. The molecule has 0 aromatic rings. The molecule has 1 N–H and O–H groups in total. The minimum atomic E-state index is -0.565. The minimum absolute atomic E-state index is 0.168. The van der Waals surface area contributed by atoms with Crippen LogP contribution in [0.25, 0.3) is 0 Å². The van der Waals surface area contributed by atoms with E-state index in [0.29, 0.717) is 17.9 Å². The van der Waals surface area contributed by atoms with Gasteiger partial charge in [0.05, 0.1) is 0 Å².